The van der Waals surface area contributed by atoms with Crippen molar-refractivity contribution < 1.29 is 18.0 Å². The molecular weight excluding hydrogens is 625 g/mol. The van der Waals surface area contributed by atoms with E-state index in [1.807, 2.05) is 68.4 Å². The summed E-state index contributed by atoms with van der Waals surface area (Å²) in [5.74, 6) is -0.904. The first-order valence-electron chi connectivity index (χ1n) is 12.2. The molecule has 3 rings (SSSR count). The average molecular weight is 655 g/mol. The molecule has 0 aliphatic carbocycles. The summed E-state index contributed by atoms with van der Waals surface area (Å²) in [7, 11) is -3.94. The largest absolute Gasteiger partial charge is 0.352 e. The van der Waals surface area contributed by atoms with E-state index in [1.165, 1.54) is 23.1 Å². The van der Waals surface area contributed by atoms with Crippen LogP contribution in [0.15, 0.2) is 77.3 Å². The SMILES string of the molecule is CC(C)NC(=O)[C@H](Cc1ccccc1)N(Cc1cccc(Br)c1)C(=O)CN(c1ccc(Cl)cc1Cl)S(C)(=O)=O. The zero-order valence-electron chi connectivity index (χ0n) is 21.8. The molecule has 0 aliphatic heterocycles. The van der Waals surface area contributed by atoms with Crippen LogP contribution in [0.1, 0.15) is 25.0 Å². The Bertz CT molecular complexity index is 1420. The van der Waals surface area contributed by atoms with Gasteiger partial charge in [0.1, 0.15) is 12.6 Å². The van der Waals surface area contributed by atoms with E-state index in [0.29, 0.717) is 5.02 Å². The Morgan fingerprint density at radius 1 is 0.949 bits per heavy atom. The van der Waals surface area contributed by atoms with Crippen LogP contribution in [0.5, 0.6) is 0 Å². The molecular formula is C28H30BrCl2N3O4S. The summed E-state index contributed by atoms with van der Waals surface area (Å²) in [4.78, 5) is 29.0. The smallest absolute Gasteiger partial charge is 0.244 e. The zero-order chi connectivity index (χ0) is 28.7. The van der Waals surface area contributed by atoms with Gasteiger partial charge in [-0.15, -0.1) is 0 Å². The van der Waals surface area contributed by atoms with Crippen LogP contribution in [0, 0.1) is 0 Å². The maximum atomic E-state index is 14.0. The minimum atomic E-state index is -3.94. The fourth-order valence-electron chi connectivity index (χ4n) is 4.04. The molecule has 1 N–H and O–H groups in total. The number of hydrogen-bond acceptors (Lipinski definition) is 4. The molecule has 0 unspecified atom stereocenters. The number of hydrogen-bond donors (Lipinski definition) is 1. The third kappa shape index (κ3) is 8.96. The van der Waals surface area contributed by atoms with Gasteiger partial charge in [0.25, 0.3) is 0 Å². The molecule has 0 spiro atoms. The van der Waals surface area contributed by atoms with Crippen molar-refractivity contribution in [2.45, 2.75) is 38.9 Å². The molecule has 3 aromatic rings. The molecule has 0 bridgehead atoms. The summed E-state index contributed by atoms with van der Waals surface area (Å²) >= 11 is 15.8. The van der Waals surface area contributed by atoms with E-state index in [4.69, 9.17) is 23.2 Å². The van der Waals surface area contributed by atoms with Crippen LogP contribution in [-0.4, -0.2) is 50.0 Å². The Labute approximate surface area is 248 Å². The molecule has 0 heterocycles. The first-order valence-corrected chi connectivity index (χ1v) is 15.6. The summed E-state index contributed by atoms with van der Waals surface area (Å²) in [5, 5.41) is 3.32. The molecule has 3 aromatic carbocycles. The van der Waals surface area contributed by atoms with Crippen molar-refractivity contribution in [3.8, 4) is 0 Å². The normalized spacial score (nSPS) is 12.2. The Morgan fingerprint density at radius 2 is 1.62 bits per heavy atom. The Hall–Kier alpha value is -2.59. The molecule has 1 atom stereocenters. The number of carbonyl (C=O) groups is 2. The van der Waals surface area contributed by atoms with Crippen molar-refractivity contribution in [1.82, 2.24) is 10.2 Å². The summed E-state index contributed by atoms with van der Waals surface area (Å²) < 4.78 is 27.4. The molecule has 0 radical (unpaired) electrons. The first kappa shape index (κ1) is 30.9. The summed E-state index contributed by atoms with van der Waals surface area (Å²) in [6.45, 7) is 3.19. The molecule has 0 fully saturated rings. The standard InChI is InChI=1S/C28H30BrCl2N3O4S/c1-19(2)32-28(36)26(15-20-8-5-4-6-9-20)33(17-21-10-7-11-22(29)14-21)27(35)18-34(39(3,37)38)25-13-12-23(30)16-24(25)31/h4-14,16,19,26H,15,17-18H2,1-3H3,(H,32,36)/t26-/m0/s1. The van der Waals surface area contributed by atoms with E-state index in [9.17, 15) is 18.0 Å². The summed E-state index contributed by atoms with van der Waals surface area (Å²) in [6.07, 6.45) is 1.23. The van der Waals surface area contributed by atoms with Gasteiger partial charge in [0.2, 0.25) is 21.8 Å². The average Bonchev–Trinajstić information content (AvgIpc) is 2.84. The van der Waals surface area contributed by atoms with E-state index in [0.717, 1.165) is 26.2 Å². The lowest BCUT2D eigenvalue weighted by atomic mass is 10.0. The number of nitrogens with one attached hydrogen (secondary N) is 1. The topological polar surface area (TPSA) is 86.8 Å². The van der Waals surface area contributed by atoms with Gasteiger partial charge in [-0.05, 0) is 55.3 Å². The molecule has 0 saturated carbocycles. The number of halogens is 3. The fraction of sp³-hybridized carbons (Fsp3) is 0.286. The Morgan fingerprint density at radius 3 is 2.21 bits per heavy atom. The maximum Gasteiger partial charge on any atom is 0.244 e. The number of nitrogens with zero attached hydrogens (tertiary/aromatic N) is 2. The highest BCUT2D eigenvalue weighted by molar-refractivity contribution is 9.10. The van der Waals surface area contributed by atoms with Gasteiger partial charge in [-0.3, -0.25) is 13.9 Å². The predicted molar refractivity (Wildman–Crippen MR) is 161 cm³/mol. The van der Waals surface area contributed by atoms with Crippen molar-refractivity contribution in [3.05, 3.63) is 98.4 Å². The highest BCUT2D eigenvalue weighted by Crippen LogP contribution is 2.30. The molecule has 39 heavy (non-hydrogen) atoms. The maximum absolute atomic E-state index is 14.0. The second-order valence-electron chi connectivity index (χ2n) is 9.39. The van der Waals surface area contributed by atoms with Gasteiger partial charge in [0.15, 0.2) is 0 Å². The van der Waals surface area contributed by atoms with E-state index in [2.05, 4.69) is 21.2 Å². The van der Waals surface area contributed by atoms with Gasteiger partial charge in [-0.1, -0.05) is 81.6 Å². The van der Waals surface area contributed by atoms with Crippen molar-refractivity contribution in [1.29, 1.82) is 0 Å². The van der Waals surface area contributed by atoms with Crippen LogP contribution >= 0.6 is 39.1 Å². The van der Waals surface area contributed by atoms with Crippen LogP contribution in [0.3, 0.4) is 0 Å². The van der Waals surface area contributed by atoms with Gasteiger partial charge in [0.05, 0.1) is 17.0 Å². The van der Waals surface area contributed by atoms with E-state index in [-0.39, 0.29) is 35.6 Å². The minimum absolute atomic E-state index is 0.0766. The van der Waals surface area contributed by atoms with Gasteiger partial charge < -0.3 is 10.2 Å². The Kier molecular flexibility index (Phi) is 10.8. The summed E-state index contributed by atoms with van der Waals surface area (Å²) in [5.41, 5.74) is 1.74. The van der Waals surface area contributed by atoms with Crippen molar-refractivity contribution in [2.24, 2.45) is 0 Å². The predicted octanol–water partition coefficient (Wildman–Crippen LogP) is 5.69. The zero-order valence-corrected chi connectivity index (χ0v) is 25.7. The van der Waals surface area contributed by atoms with Gasteiger partial charge in [0, 0.05) is 28.5 Å². The van der Waals surface area contributed by atoms with Crippen LogP contribution < -0.4 is 9.62 Å². The molecule has 208 valence electrons. The van der Waals surface area contributed by atoms with Crippen molar-refractivity contribution >= 4 is 66.7 Å². The van der Waals surface area contributed by atoms with Crippen molar-refractivity contribution in [3.63, 3.8) is 0 Å². The van der Waals surface area contributed by atoms with Gasteiger partial charge in [-0.25, -0.2) is 8.42 Å². The molecule has 11 heteroatoms. The summed E-state index contributed by atoms with van der Waals surface area (Å²) in [6, 6.07) is 20.0. The minimum Gasteiger partial charge on any atom is -0.352 e. The lowest BCUT2D eigenvalue weighted by molar-refractivity contribution is -0.140. The van der Waals surface area contributed by atoms with Crippen LogP contribution in [0.2, 0.25) is 10.0 Å². The van der Waals surface area contributed by atoms with Gasteiger partial charge >= 0.3 is 0 Å². The molecule has 0 aliphatic rings. The molecule has 0 saturated heterocycles. The highest BCUT2D eigenvalue weighted by atomic mass is 79.9. The molecule has 0 aromatic heterocycles. The number of anilines is 1. The van der Waals surface area contributed by atoms with Gasteiger partial charge in [-0.2, -0.15) is 0 Å². The fourth-order valence-corrected chi connectivity index (χ4v) is 5.91. The number of benzene rings is 3. The highest BCUT2D eigenvalue weighted by Gasteiger charge is 2.33. The molecule has 7 nitrogen and oxygen atoms in total. The first-order chi connectivity index (χ1) is 18.3. The quantitative estimate of drug-likeness (QED) is 0.288. The van der Waals surface area contributed by atoms with Crippen LogP contribution in [0.25, 0.3) is 0 Å². The number of carbonyl (C=O) groups excluding carboxylic acids is 2. The second-order valence-corrected chi connectivity index (χ2v) is 13.1. The third-order valence-corrected chi connectivity index (χ3v) is 7.96. The van der Waals surface area contributed by atoms with Crippen LogP contribution in [-0.2, 0) is 32.6 Å². The lowest BCUT2D eigenvalue weighted by Crippen LogP contribution is -2.54. The second kappa shape index (κ2) is 13.7. The van der Waals surface area contributed by atoms with E-state index >= 15 is 0 Å². The monoisotopic (exact) mass is 653 g/mol. The van der Waals surface area contributed by atoms with Crippen molar-refractivity contribution in [2.75, 3.05) is 17.1 Å². The molecule has 2 amide bonds. The van der Waals surface area contributed by atoms with E-state index < -0.39 is 28.5 Å². The van der Waals surface area contributed by atoms with Crippen LogP contribution in [0.4, 0.5) is 5.69 Å². The van der Waals surface area contributed by atoms with E-state index in [1.54, 1.807) is 0 Å². The number of amides is 2. The lowest BCUT2D eigenvalue weighted by Gasteiger charge is -2.34. The number of sulfonamides is 1. The Balaban J connectivity index is 2.07. The third-order valence-electron chi connectivity index (χ3n) is 5.80. The number of rotatable bonds is 11.